The molecule has 0 aliphatic carbocycles. The van der Waals surface area contributed by atoms with Gasteiger partial charge in [-0.1, -0.05) is 6.92 Å². The molecule has 0 saturated carbocycles. The first-order valence-corrected chi connectivity index (χ1v) is 7.08. The molecule has 1 heterocycles. The van der Waals surface area contributed by atoms with Crippen LogP contribution in [-0.4, -0.2) is 48.7 Å². The molecular formula is C14H28N2O2. The van der Waals surface area contributed by atoms with E-state index in [0.717, 1.165) is 25.9 Å². The fourth-order valence-corrected chi connectivity index (χ4v) is 2.28. The van der Waals surface area contributed by atoms with E-state index in [1.807, 2.05) is 20.8 Å². The molecule has 1 rings (SSSR count). The van der Waals surface area contributed by atoms with Crippen molar-refractivity contribution in [2.45, 2.75) is 58.6 Å². The summed E-state index contributed by atoms with van der Waals surface area (Å²) in [5.41, 5.74) is -0.386. The molecule has 0 aromatic rings. The van der Waals surface area contributed by atoms with Crippen molar-refractivity contribution in [1.82, 2.24) is 10.2 Å². The zero-order valence-electron chi connectivity index (χ0n) is 12.3. The van der Waals surface area contributed by atoms with Crippen molar-refractivity contribution < 1.29 is 9.53 Å². The van der Waals surface area contributed by atoms with Gasteiger partial charge in [0.1, 0.15) is 5.60 Å². The van der Waals surface area contributed by atoms with E-state index in [9.17, 15) is 4.79 Å². The molecule has 0 amide bonds. The molecule has 1 aliphatic heterocycles. The normalized spacial score (nSPS) is 18.9. The van der Waals surface area contributed by atoms with Crippen LogP contribution in [0.2, 0.25) is 0 Å². The molecule has 106 valence electrons. The number of piperidine rings is 1. The molecule has 0 aromatic heterocycles. The fourth-order valence-electron chi connectivity index (χ4n) is 2.28. The lowest BCUT2D eigenvalue weighted by atomic mass is 10.0. The molecule has 0 atom stereocenters. The van der Waals surface area contributed by atoms with Crippen molar-refractivity contribution in [2.24, 2.45) is 0 Å². The van der Waals surface area contributed by atoms with E-state index in [1.54, 1.807) is 0 Å². The molecule has 0 bridgehead atoms. The first-order chi connectivity index (χ1) is 8.40. The number of carbonyl (C=O) groups is 1. The number of esters is 1. The summed E-state index contributed by atoms with van der Waals surface area (Å²) in [6.07, 6.45) is 3.47. The van der Waals surface area contributed by atoms with Crippen molar-refractivity contribution >= 4 is 5.97 Å². The number of nitrogens with zero attached hydrogens (tertiary/aromatic N) is 1. The second kappa shape index (κ2) is 7.10. The Morgan fingerprint density at radius 3 is 2.44 bits per heavy atom. The number of ether oxygens (including phenoxy) is 1. The Hall–Kier alpha value is -0.610. The van der Waals surface area contributed by atoms with Gasteiger partial charge in [-0.3, -0.25) is 4.79 Å². The third-order valence-corrected chi connectivity index (χ3v) is 3.08. The van der Waals surface area contributed by atoms with Gasteiger partial charge in [-0.05, 0) is 59.7 Å². The molecule has 1 aliphatic rings. The molecule has 0 spiro atoms. The van der Waals surface area contributed by atoms with Gasteiger partial charge in [0.25, 0.3) is 0 Å². The van der Waals surface area contributed by atoms with E-state index < -0.39 is 0 Å². The quantitative estimate of drug-likeness (QED) is 0.762. The monoisotopic (exact) mass is 256 g/mol. The Labute approximate surface area is 111 Å². The smallest absolute Gasteiger partial charge is 0.320 e. The third kappa shape index (κ3) is 6.36. The highest BCUT2D eigenvalue weighted by Gasteiger charge is 2.20. The second-order valence-electron chi connectivity index (χ2n) is 6.08. The summed E-state index contributed by atoms with van der Waals surface area (Å²) in [6.45, 7) is 11.7. The highest BCUT2D eigenvalue weighted by molar-refractivity contribution is 5.72. The lowest BCUT2D eigenvalue weighted by Gasteiger charge is -2.32. The predicted molar refractivity (Wildman–Crippen MR) is 73.6 cm³/mol. The zero-order chi connectivity index (χ0) is 13.6. The minimum atomic E-state index is -0.386. The van der Waals surface area contributed by atoms with Gasteiger partial charge in [-0.2, -0.15) is 0 Å². The van der Waals surface area contributed by atoms with Crippen molar-refractivity contribution in [3.8, 4) is 0 Å². The SMILES string of the molecule is CCCN1CCC(NCC(=O)OC(C)(C)C)CC1. The van der Waals surface area contributed by atoms with Gasteiger partial charge >= 0.3 is 5.97 Å². The van der Waals surface area contributed by atoms with Crippen molar-refractivity contribution in [2.75, 3.05) is 26.2 Å². The summed E-state index contributed by atoms with van der Waals surface area (Å²) in [5, 5.41) is 3.31. The van der Waals surface area contributed by atoms with Crippen molar-refractivity contribution in [1.29, 1.82) is 0 Å². The second-order valence-corrected chi connectivity index (χ2v) is 6.08. The Morgan fingerprint density at radius 2 is 1.94 bits per heavy atom. The van der Waals surface area contributed by atoms with Crippen LogP contribution in [-0.2, 0) is 9.53 Å². The maximum Gasteiger partial charge on any atom is 0.320 e. The first-order valence-electron chi connectivity index (χ1n) is 7.08. The van der Waals surface area contributed by atoms with Gasteiger partial charge in [0.15, 0.2) is 0 Å². The molecule has 0 unspecified atom stereocenters. The van der Waals surface area contributed by atoms with Gasteiger partial charge in [0, 0.05) is 6.04 Å². The van der Waals surface area contributed by atoms with E-state index in [4.69, 9.17) is 4.74 Å². The van der Waals surface area contributed by atoms with Gasteiger partial charge in [-0.15, -0.1) is 0 Å². The Kier molecular flexibility index (Phi) is 6.09. The van der Waals surface area contributed by atoms with Gasteiger partial charge in [0.05, 0.1) is 6.54 Å². The Bertz CT molecular complexity index is 253. The van der Waals surface area contributed by atoms with Crippen LogP contribution in [0.15, 0.2) is 0 Å². The molecule has 4 nitrogen and oxygen atoms in total. The number of rotatable bonds is 5. The summed E-state index contributed by atoms with van der Waals surface area (Å²) < 4.78 is 5.28. The minimum Gasteiger partial charge on any atom is -0.459 e. The van der Waals surface area contributed by atoms with Gasteiger partial charge in [-0.25, -0.2) is 0 Å². The van der Waals surface area contributed by atoms with Crippen LogP contribution in [0.4, 0.5) is 0 Å². The third-order valence-electron chi connectivity index (χ3n) is 3.08. The number of likely N-dealkylation sites (tertiary alicyclic amines) is 1. The maximum absolute atomic E-state index is 11.6. The predicted octanol–water partition coefficient (Wildman–Crippen LogP) is 1.79. The molecular weight excluding hydrogens is 228 g/mol. The van der Waals surface area contributed by atoms with E-state index in [-0.39, 0.29) is 11.6 Å². The van der Waals surface area contributed by atoms with E-state index in [1.165, 1.54) is 13.0 Å². The van der Waals surface area contributed by atoms with Crippen LogP contribution >= 0.6 is 0 Å². The number of hydrogen-bond acceptors (Lipinski definition) is 4. The molecule has 4 heteroatoms. The lowest BCUT2D eigenvalue weighted by Crippen LogP contribution is -2.44. The van der Waals surface area contributed by atoms with Crippen LogP contribution in [0.25, 0.3) is 0 Å². The van der Waals surface area contributed by atoms with Crippen LogP contribution in [0.3, 0.4) is 0 Å². The fraction of sp³-hybridized carbons (Fsp3) is 0.929. The standard InChI is InChI=1S/C14H28N2O2/c1-5-8-16-9-6-12(7-10-16)15-11-13(17)18-14(2,3)4/h12,15H,5-11H2,1-4H3. The van der Waals surface area contributed by atoms with Crippen molar-refractivity contribution in [3.05, 3.63) is 0 Å². The molecule has 0 radical (unpaired) electrons. The summed E-state index contributed by atoms with van der Waals surface area (Å²) in [4.78, 5) is 14.1. The van der Waals surface area contributed by atoms with Gasteiger partial charge in [0.2, 0.25) is 0 Å². The molecule has 0 aromatic carbocycles. The highest BCUT2D eigenvalue weighted by atomic mass is 16.6. The summed E-state index contributed by atoms with van der Waals surface area (Å²) >= 11 is 0. The summed E-state index contributed by atoms with van der Waals surface area (Å²) in [5.74, 6) is -0.154. The average Bonchev–Trinajstić information content (AvgIpc) is 2.26. The van der Waals surface area contributed by atoms with Crippen LogP contribution < -0.4 is 5.32 Å². The van der Waals surface area contributed by atoms with E-state index in [0.29, 0.717) is 12.6 Å². The van der Waals surface area contributed by atoms with Crippen LogP contribution in [0.5, 0.6) is 0 Å². The summed E-state index contributed by atoms with van der Waals surface area (Å²) in [6, 6.07) is 0.464. The molecule has 1 saturated heterocycles. The van der Waals surface area contributed by atoms with Crippen LogP contribution in [0.1, 0.15) is 47.0 Å². The lowest BCUT2D eigenvalue weighted by molar-refractivity contribution is -0.153. The number of carbonyl (C=O) groups excluding carboxylic acids is 1. The van der Waals surface area contributed by atoms with E-state index >= 15 is 0 Å². The zero-order valence-corrected chi connectivity index (χ0v) is 12.3. The number of hydrogen-bond donors (Lipinski definition) is 1. The largest absolute Gasteiger partial charge is 0.459 e. The van der Waals surface area contributed by atoms with Crippen LogP contribution in [0, 0.1) is 0 Å². The molecule has 1 fully saturated rings. The first kappa shape index (κ1) is 15.4. The highest BCUT2D eigenvalue weighted by Crippen LogP contribution is 2.11. The van der Waals surface area contributed by atoms with Crippen molar-refractivity contribution in [3.63, 3.8) is 0 Å². The minimum absolute atomic E-state index is 0.154. The Balaban J connectivity index is 2.16. The molecule has 1 N–H and O–H groups in total. The maximum atomic E-state index is 11.6. The number of nitrogens with one attached hydrogen (secondary N) is 1. The average molecular weight is 256 g/mol. The van der Waals surface area contributed by atoms with Gasteiger partial charge < -0.3 is 15.0 Å². The summed E-state index contributed by atoms with van der Waals surface area (Å²) in [7, 11) is 0. The molecule has 18 heavy (non-hydrogen) atoms. The topological polar surface area (TPSA) is 41.6 Å². The van der Waals surface area contributed by atoms with E-state index in [2.05, 4.69) is 17.1 Å². The Morgan fingerprint density at radius 1 is 1.33 bits per heavy atom.